The lowest BCUT2D eigenvalue weighted by Crippen LogP contribution is -1.97. The van der Waals surface area contributed by atoms with Gasteiger partial charge in [0.05, 0.1) is 0 Å². The molecular weight excluding hydrogens is 244 g/mol. The van der Waals surface area contributed by atoms with Crippen molar-refractivity contribution in [3.8, 4) is 0 Å². The maximum absolute atomic E-state index is 13.8. The summed E-state index contributed by atoms with van der Waals surface area (Å²) >= 11 is 0. The van der Waals surface area contributed by atoms with Gasteiger partial charge in [-0.2, -0.15) is 0 Å². The van der Waals surface area contributed by atoms with Crippen molar-refractivity contribution < 1.29 is 8.78 Å². The van der Waals surface area contributed by atoms with Crippen LogP contribution in [0.15, 0.2) is 48.6 Å². The average molecular weight is 261 g/mol. The maximum atomic E-state index is 13.8. The molecule has 0 aliphatic heterocycles. The van der Waals surface area contributed by atoms with Crippen molar-refractivity contribution in [2.75, 3.05) is 0 Å². The highest BCUT2D eigenvalue weighted by Crippen LogP contribution is 2.22. The van der Waals surface area contributed by atoms with Crippen LogP contribution >= 0.6 is 0 Å². The monoisotopic (exact) mass is 261 g/mol. The molecule has 0 amide bonds. The van der Waals surface area contributed by atoms with Gasteiger partial charge in [0.2, 0.25) is 0 Å². The fourth-order valence-electron chi connectivity index (χ4n) is 1.59. The van der Waals surface area contributed by atoms with E-state index in [-0.39, 0.29) is 5.56 Å². The zero-order valence-corrected chi connectivity index (χ0v) is 11.0. The second-order valence-corrected chi connectivity index (χ2v) is 3.99. The van der Waals surface area contributed by atoms with Crippen molar-refractivity contribution in [3.05, 3.63) is 66.4 Å². The SMILES string of the molecule is C=CCCc1c(F)cc(C(=C)/C=C\N=C/C)cc1F. The minimum Gasteiger partial charge on any atom is -0.269 e. The average Bonchev–Trinajstić information content (AvgIpc) is 2.38. The molecule has 0 spiro atoms. The third-order valence-corrected chi connectivity index (χ3v) is 2.62. The lowest BCUT2D eigenvalue weighted by Gasteiger charge is -2.07. The number of nitrogens with zero attached hydrogens (tertiary/aromatic N) is 1. The Kier molecular flexibility index (Phi) is 5.86. The van der Waals surface area contributed by atoms with Crippen molar-refractivity contribution >= 4 is 11.8 Å². The molecule has 3 heteroatoms. The fraction of sp³-hybridized carbons (Fsp3) is 0.188. The summed E-state index contributed by atoms with van der Waals surface area (Å²) in [5.41, 5.74) is 1.02. The van der Waals surface area contributed by atoms with Crippen LogP contribution in [0.2, 0.25) is 0 Å². The first-order valence-corrected chi connectivity index (χ1v) is 6.02. The van der Waals surface area contributed by atoms with E-state index in [2.05, 4.69) is 18.2 Å². The van der Waals surface area contributed by atoms with Gasteiger partial charge in [-0.1, -0.05) is 12.7 Å². The number of allylic oxidation sites excluding steroid dienone is 3. The van der Waals surface area contributed by atoms with E-state index in [0.29, 0.717) is 24.0 Å². The van der Waals surface area contributed by atoms with Crippen LogP contribution in [0.25, 0.3) is 5.57 Å². The van der Waals surface area contributed by atoms with Gasteiger partial charge in [0, 0.05) is 18.0 Å². The lowest BCUT2D eigenvalue weighted by atomic mass is 10.0. The zero-order chi connectivity index (χ0) is 14.3. The van der Waals surface area contributed by atoms with Crippen LogP contribution in [-0.4, -0.2) is 6.21 Å². The number of hydrogen-bond acceptors (Lipinski definition) is 1. The minimum absolute atomic E-state index is 0.0898. The molecule has 0 aliphatic rings. The topological polar surface area (TPSA) is 12.4 Å². The van der Waals surface area contributed by atoms with Crippen LogP contribution < -0.4 is 0 Å². The predicted octanol–water partition coefficient (Wildman–Crippen LogP) is 4.70. The van der Waals surface area contributed by atoms with Gasteiger partial charge in [-0.05, 0) is 49.1 Å². The van der Waals surface area contributed by atoms with Gasteiger partial charge in [-0.3, -0.25) is 4.99 Å². The quantitative estimate of drug-likeness (QED) is 0.400. The van der Waals surface area contributed by atoms with E-state index < -0.39 is 11.6 Å². The standard InChI is InChI=1S/C16H17F2N/c1-4-6-7-14-15(17)10-13(11-16(14)18)12(3)8-9-19-5-2/h4-5,8-11H,1,3,6-7H2,2H3/b9-8-,19-5-. The summed E-state index contributed by atoms with van der Waals surface area (Å²) in [5.74, 6) is -1.10. The molecule has 1 aromatic rings. The molecule has 0 saturated carbocycles. The Hall–Kier alpha value is -2.03. The highest BCUT2D eigenvalue weighted by Gasteiger charge is 2.11. The number of aliphatic imine (C=N–C) groups is 1. The Morgan fingerprint density at radius 2 is 1.95 bits per heavy atom. The molecule has 0 radical (unpaired) electrons. The van der Waals surface area contributed by atoms with E-state index in [9.17, 15) is 8.78 Å². The van der Waals surface area contributed by atoms with Crippen LogP contribution in [0.3, 0.4) is 0 Å². The molecule has 19 heavy (non-hydrogen) atoms. The van der Waals surface area contributed by atoms with Gasteiger partial charge < -0.3 is 0 Å². The Bertz CT molecular complexity index is 505. The van der Waals surface area contributed by atoms with Crippen molar-refractivity contribution in [2.45, 2.75) is 19.8 Å². The smallest absolute Gasteiger partial charge is 0.129 e. The third-order valence-electron chi connectivity index (χ3n) is 2.62. The third kappa shape index (κ3) is 4.28. The number of benzene rings is 1. The van der Waals surface area contributed by atoms with Gasteiger partial charge in [-0.25, -0.2) is 8.78 Å². The van der Waals surface area contributed by atoms with Gasteiger partial charge >= 0.3 is 0 Å². The van der Waals surface area contributed by atoms with Crippen molar-refractivity contribution in [1.29, 1.82) is 0 Å². The highest BCUT2D eigenvalue weighted by atomic mass is 19.1. The largest absolute Gasteiger partial charge is 0.269 e. The molecule has 0 aromatic heterocycles. The first-order chi connectivity index (χ1) is 9.10. The molecule has 0 fully saturated rings. The summed E-state index contributed by atoms with van der Waals surface area (Å²) < 4.78 is 27.6. The molecule has 0 heterocycles. The second kappa shape index (κ2) is 7.41. The van der Waals surface area contributed by atoms with E-state index in [4.69, 9.17) is 0 Å². The van der Waals surface area contributed by atoms with E-state index in [1.54, 1.807) is 25.3 Å². The summed E-state index contributed by atoms with van der Waals surface area (Å²) in [7, 11) is 0. The van der Waals surface area contributed by atoms with E-state index in [0.717, 1.165) is 0 Å². The first-order valence-electron chi connectivity index (χ1n) is 6.02. The number of halogens is 2. The molecule has 0 saturated heterocycles. The molecule has 1 rings (SSSR count). The minimum atomic E-state index is -0.551. The van der Waals surface area contributed by atoms with Crippen molar-refractivity contribution in [2.24, 2.45) is 4.99 Å². The summed E-state index contributed by atoms with van der Waals surface area (Å²) in [6.07, 6.45) is 7.24. The first kappa shape index (κ1) is 15.0. The Morgan fingerprint density at radius 1 is 1.32 bits per heavy atom. The van der Waals surface area contributed by atoms with Crippen LogP contribution in [-0.2, 0) is 6.42 Å². The second-order valence-electron chi connectivity index (χ2n) is 3.99. The van der Waals surface area contributed by atoms with Crippen LogP contribution in [0.1, 0.15) is 24.5 Å². The summed E-state index contributed by atoms with van der Waals surface area (Å²) in [6, 6.07) is 2.59. The van der Waals surface area contributed by atoms with Crippen LogP contribution in [0, 0.1) is 11.6 Å². The summed E-state index contributed by atoms with van der Waals surface area (Å²) in [5, 5.41) is 0. The molecular formula is C16H17F2N. The van der Waals surface area contributed by atoms with Crippen LogP contribution in [0.4, 0.5) is 8.78 Å². The van der Waals surface area contributed by atoms with Crippen LogP contribution in [0.5, 0.6) is 0 Å². The molecule has 0 unspecified atom stereocenters. The molecule has 0 bridgehead atoms. The lowest BCUT2D eigenvalue weighted by molar-refractivity contribution is 0.555. The highest BCUT2D eigenvalue weighted by molar-refractivity contribution is 5.72. The van der Waals surface area contributed by atoms with Crippen molar-refractivity contribution in [3.63, 3.8) is 0 Å². The number of rotatable bonds is 6. The number of hydrogen-bond donors (Lipinski definition) is 0. The van der Waals surface area contributed by atoms with E-state index >= 15 is 0 Å². The van der Waals surface area contributed by atoms with Gasteiger partial charge in [0.15, 0.2) is 0 Å². The molecule has 1 nitrogen and oxygen atoms in total. The molecule has 0 N–H and O–H groups in total. The normalized spacial score (nSPS) is 11.3. The Morgan fingerprint density at radius 3 is 2.47 bits per heavy atom. The van der Waals surface area contributed by atoms with Gasteiger partial charge in [-0.15, -0.1) is 6.58 Å². The molecule has 0 aliphatic carbocycles. The van der Waals surface area contributed by atoms with Gasteiger partial charge in [0.1, 0.15) is 11.6 Å². The maximum Gasteiger partial charge on any atom is 0.129 e. The van der Waals surface area contributed by atoms with E-state index in [1.165, 1.54) is 18.3 Å². The molecule has 100 valence electrons. The molecule has 0 atom stereocenters. The molecule has 1 aromatic carbocycles. The summed E-state index contributed by atoms with van der Waals surface area (Å²) in [6.45, 7) is 9.08. The fourth-order valence-corrected chi connectivity index (χ4v) is 1.59. The predicted molar refractivity (Wildman–Crippen MR) is 77.2 cm³/mol. The summed E-state index contributed by atoms with van der Waals surface area (Å²) in [4.78, 5) is 3.88. The van der Waals surface area contributed by atoms with Gasteiger partial charge in [0.25, 0.3) is 0 Å². The van der Waals surface area contributed by atoms with E-state index in [1.807, 2.05) is 0 Å². The zero-order valence-electron chi connectivity index (χ0n) is 11.0. The Balaban J connectivity index is 3.00. The Labute approximate surface area is 112 Å². The van der Waals surface area contributed by atoms with Crippen molar-refractivity contribution in [1.82, 2.24) is 0 Å².